The summed E-state index contributed by atoms with van der Waals surface area (Å²) in [5.41, 5.74) is 0. The number of rotatable bonds is 3. The van der Waals surface area contributed by atoms with E-state index in [4.69, 9.17) is 9.15 Å². The zero-order valence-corrected chi connectivity index (χ0v) is 9.20. The van der Waals surface area contributed by atoms with Crippen LogP contribution in [-0.4, -0.2) is 4.98 Å². The minimum atomic E-state index is -0.332. The van der Waals surface area contributed by atoms with Crippen LogP contribution < -0.4 is 4.74 Å². The minimum absolute atomic E-state index is 0.176. The third-order valence-electron chi connectivity index (χ3n) is 1.68. The van der Waals surface area contributed by atoms with Crippen LogP contribution in [0.5, 0.6) is 5.75 Å². The van der Waals surface area contributed by atoms with Crippen LogP contribution in [0.3, 0.4) is 0 Å². The molecule has 5 heteroatoms. The molecule has 0 saturated carbocycles. The average molecular weight is 272 g/mol. The topological polar surface area (TPSA) is 35.3 Å². The smallest absolute Gasteiger partial charge is 0.233 e. The molecule has 0 fully saturated rings. The molecule has 78 valence electrons. The molecule has 0 bridgehead atoms. The zero-order valence-electron chi connectivity index (χ0n) is 7.61. The minimum Gasteiger partial charge on any atom is -0.484 e. The number of oxazole rings is 1. The van der Waals surface area contributed by atoms with Crippen LogP contribution in [0.1, 0.15) is 5.89 Å². The fourth-order valence-corrected chi connectivity index (χ4v) is 1.35. The van der Waals surface area contributed by atoms with Gasteiger partial charge in [0.25, 0.3) is 0 Å². The molecule has 0 amide bonds. The van der Waals surface area contributed by atoms with Gasteiger partial charge in [0.2, 0.25) is 5.89 Å². The van der Waals surface area contributed by atoms with E-state index in [0.717, 1.165) is 0 Å². The number of aromatic nitrogens is 1. The lowest BCUT2D eigenvalue weighted by Gasteiger charge is -2.02. The van der Waals surface area contributed by atoms with E-state index in [1.807, 2.05) is 0 Å². The number of hydrogen-bond donors (Lipinski definition) is 0. The highest BCUT2D eigenvalue weighted by atomic mass is 79.9. The molecule has 0 radical (unpaired) electrons. The Morgan fingerprint density at radius 3 is 3.00 bits per heavy atom. The molecule has 0 aliphatic carbocycles. The molecule has 2 rings (SSSR count). The largest absolute Gasteiger partial charge is 0.484 e. The molecule has 1 heterocycles. The molecule has 1 aromatic heterocycles. The fraction of sp³-hybridized carbons (Fsp3) is 0.100. The van der Waals surface area contributed by atoms with Crippen molar-refractivity contribution in [2.24, 2.45) is 0 Å². The van der Waals surface area contributed by atoms with Gasteiger partial charge in [0.1, 0.15) is 11.6 Å². The summed E-state index contributed by atoms with van der Waals surface area (Å²) in [6, 6.07) is 5.91. The standard InChI is InChI=1S/C10H7BrFNO2/c11-9-5-13-10(15-9)6-14-8-3-1-2-7(12)4-8/h1-5H,6H2. The zero-order chi connectivity index (χ0) is 10.7. The molecule has 3 nitrogen and oxygen atoms in total. The van der Waals surface area contributed by atoms with Gasteiger partial charge >= 0.3 is 0 Å². The van der Waals surface area contributed by atoms with Gasteiger partial charge in [-0.05, 0) is 28.1 Å². The first-order valence-electron chi connectivity index (χ1n) is 4.22. The Morgan fingerprint density at radius 1 is 1.47 bits per heavy atom. The molecule has 2 aromatic rings. The lowest BCUT2D eigenvalue weighted by atomic mass is 10.3. The summed E-state index contributed by atoms with van der Waals surface area (Å²) in [6.07, 6.45) is 1.53. The third kappa shape index (κ3) is 2.79. The maximum Gasteiger partial charge on any atom is 0.233 e. The number of nitrogens with zero attached hydrogens (tertiary/aromatic N) is 1. The van der Waals surface area contributed by atoms with Crippen molar-refractivity contribution in [1.29, 1.82) is 0 Å². The van der Waals surface area contributed by atoms with Crippen LogP contribution >= 0.6 is 15.9 Å². The molecule has 1 aromatic carbocycles. The quantitative estimate of drug-likeness (QED) is 0.860. The summed E-state index contributed by atoms with van der Waals surface area (Å²) in [7, 11) is 0. The van der Waals surface area contributed by atoms with Crippen molar-refractivity contribution < 1.29 is 13.5 Å². The summed E-state index contributed by atoms with van der Waals surface area (Å²) in [6.45, 7) is 0.176. The van der Waals surface area contributed by atoms with Gasteiger partial charge in [-0.1, -0.05) is 6.07 Å². The summed E-state index contributed by atoms with van der Waals surface area (Å²) < 4.78 is 23.7. The highest BCUT2D eigenvalue weighted by molar-refractivity contribution is 9.10. The van der Waals surface area contributed by atoms with Gasteiger partial charge < -0.3 is 9.15 Å². The molecular formula is C10H7BrFNO2. The lowest BCUT2D eigenvalue weighted by Crippen LogP contribution is -1.95. The first-order valence-corrected chi connectivity index (χ1v) is 5.02. The van der Waals surface area contributed by atoms with Crippen molar-refractivity contribution >= 4 is 15.9 Å². The molecule has 15 heavy (non-hydrogen) atoms. The summed E-state index contributed by atoms with van der Waals surface area (Å²) >= 11 is 3.13. The summed E-state index contributed by atoms with van der Waals surface area (Å²) in [5, 5.41) is 0. The van der Waals surface area contributed by atoms with Crippen molar-refractivity contribution in [2.75, 3.05) is 0 Å². The van der Waals surface area contributed by atoms with Crippen LogP contribution in [0.15, 0.2) is 39.5 Å². The van der Waals surface area contributed by atoms with Crippen molar-refractivity contribution in [3.63, 3.8) is 0 Å². The maximum atomic E-state index is 12.8. The first-order chi connectivity index (χ1) is 7.24. The second-order valence-corrected chi connectivity index (χ2v) is 3.59. The molecule has 0 saturated heterocycles. The van der Waals surface area contributed by atoms with Crippen molar-refractivity contribution in [3.05, 3.63) is 46.8 Å². The Balaban J connectivity index is 1.99. The summed E-state index contributed by atoms with van der Waals surface area (Å²) in [5.74, 6) is 0.552. The monoisotopic (exact) mass is 271 g/mol. The highest BCUT2D eigenvalue weighted by Gasteiger charge is 2.02. The van der Waals surface area contributed by atoms with Crippen LogP contribution in [0.25, 0.3) is 0 Å². The predicted molar refractivity (Wildman–Crippen MR) is 54.9 cm³/mol. The van der Waals surface area contributed by atoms with E-state index >= 15 is 0 Å². The number of halogens is 2. The molecule has 0 aliphatic rings. The van der Waals surface area contributed by atoms with Gasteiger partial charge in [0.15, 0.2) is 11.3 Å². The second kappa shape index (κ2) is 4.44. The lowest BCUT2D eigenvalue weighted by molar-refractivity contribution is 0.259. The van der Waals surface area contributed by atoms with Gasteiger partial charge in [-0.3, -0.25) is 0 Å². The Morgan fingerprint density at radius 2 is 2.33 bits per heavy atom. The molecule has 0 spiro atoms. The molecule has 0 N–H and O–H groups in total. The number of hydrogen-bond acceptors (Lipinski definition) is 3. The van der Waals surface area contributed by atoms with Gasteiger partial charge in [-0.2, -0.15) is 0 Å². The van der Waals surface area contributed by atoms with E-state index in [1.165, 1.54) is 18.3 Å². The van der Waals surface area contributed by atoms with E-state index < -0.39 is 0 Å². The average Bonchev–Trinajstić information content (AvgIpc) is 2.62. The highest BCUT2D eigenvalue weighted by Crippen LogP contribution is 2.15. The van der Waals surface area contributed by atoms with Crippen LogP contribution in [0, 0.1) is 5.82 Å². The molecule has 0 atom stereocenters. The Kier molecular flexibility index (Phi) is 3.01. The van der Waals surface area contributed by atoms with Crippen LogP contribution in [0.2, 0.25) is 0 Å². The van der Waals surface area contributed by atoms with Crippen molar-refractivity contribution in [1.82, 2.24) is 4.98 Å². The van der Waals surface area contributed by atoms with Crippen LogP contribution in [-0.2, 0) is 6.61 Å². The SMILES string of the molecule is Fc1cccc(OCc2ncc(Br)o2)c1. The third-order valence-corrected chi connectivity index (χ3v) is 2.05. The van der Waals surface area contributed by atoms with E-state index in [0.29, 0.717) is 16.3 Å². The first kappa shape index (κ1) is 10.2. The van der Waals surface area contributed by atoms with E-state index in [2.05, 4.69) is 20.9 Å². The Bertz CT molecular complexity index is 458. The van der Waals surface area contributed by atoms with Gasteiger partial charge in [0.05, 0.1) is 6.20 Å². The van der Waals surface area contributed by atoms with Crippen LogP contribution in [0.4, 0.5) is 4.39 Å². The molecule has 0 unspecified atom stereocenters. The van der Waals surface area contributed by atoms with Crippen molar-refractivity contribution in [2.45, 2.75) is 6.61 Å². The van der Waals surface area contributed by atoms with Gasteiger partial charge in [-0.15, -0.1) is 0 Å². The van der Waals surface area contributed by atoms with E-state index in [9.17, 15) is 4.39 Å². The number of benzene rings is 1. The van der Waals surface area contributed by atoms with E-state index in [-0.39, 0.29) is 12.4 Å². The van der Waals surface area contributed by atoms with Gasteiger partial charge in [0, 0.05) is 6.07 Å². The number of ether oxygens (including phenoxy) is 1. The van der Waals surface area contributed by atoms with E-state index in [1.54, 1.807) is 12.1 Å². The fourth-order valence-electron chi connectivity index (χ4n) is 1.06. The van der Waals surface area contributed by atoms with Crippen molar-refractivity contribution in [3.8, 4) is 5.75 Å². The van der Waals surface area contributed by atoms with Gasteiger partial charge in [-0.25, -0.2) is 9.37 Å². The molecular weight excluding hydrogens is 265 g/mol. The predicted octanol–water partition coefficient (Wildman–Crippen LogP) is 3.16. The summed E-state index contributed by atoms with van der Waals surface area (Å²) in [4.78, 5) is 3.92. The Hall–Kier alpha value is -1.36. The second-order valence-electron chi connectivity index (χ2n) is 2.80. The maximum absolute atomic E-state index is 12.8. The normalized spacial score (nSPS) is 10.3. The Labute approximate surface area is 94.0 Å². The molecule has 0 aliphatic heterocycles.